The van der Waals surface area contributed by atoms with Crippen molar-refractivity contribution in [2.45, 2.75) is 72.6 Å². The predicted octanol–water partition coefficient (Wildman–Crippen LogP) is 5.20. The standard InChI is InChI=1S/C20H31NO3S/c1-5-8-9-14(6-2)18(22)21-19-17(20(23)24-7-3)15-11-10-13(4)12-16(15)25-19/h13-14H,5-12H2,1-4H3,(H,21,22)/t13-,14-/m1/s1. The number of rotatable bonds is 8. The third kappa shape index (κ3) is 4.84. The smallest absolute Gasteiger partial charge is 0.341 e. The Hall–Kier alpha value is -1.36. The van der Waals surface area contributed by atoms with Crippen molar-refractivity contribution in [1.82, 2.24) is 0 Å². The van der Waals surface area contributed by atoms with E-state index in [4.69, 9.17) is 4.74 Å². The van der Waals surface area contributed by atoms with Crippen LogP contribution in [0.4, 0.5) is 5.00 Å². The zero-order valence-corrected chi connectivity index (χ0v) is 16.8. The topological polar surface area (TPSA) is 55.4 Å². The number of esters is 1. The first-order valence-corrected chi connectivity index (χ1v) is 10.5. The molecule has 1 aliphatic rings. The summed E-state index contributed by atoms with van der Waals surface area (Å²) >= 11 is 1.57. The van der Waals surface area contributed by atoms with Crippen LogP contribution in [0.25, 0.3) is 0 Å². The highest BCUT2D eigenvalue weighted by Crippen LogP contribution is 2.40. The molecule has 1 amide bonds. The molecule has 0 aromatic carbocycles. The highest BCUT2D eigenvalue weighted by molar-refractivity contribution is 7.17. The van der Waals surface area contributed by atoms with Crippen molar-refractivity contribution in [3.8, 4) is 0 Å². The van der Waals surface area contributed by atoms with E-state index in [1.54, 1.807) is 11.3 Å². The van der Waals surface area contributed by atoms with E-state index in [2.05, 4.69) is 19.2 Å². The molecule has 1 heterocycles. The van der Waals surface area contributed by atoms with E-state index in [-0.39, 0.29) is 17.8 Å². The summed E-state index contributed by atoms with van der Waals surface area (Å²) in [4.78, 5) is 26.4. The second kappa shape index (κ2) is 9.37. The summed E-state index contributed by atoms with van der Waals surface area (Å²) in [5.41, 5.74) is 1.70. The fourth-order valence-corrected chi connectivity index (χ4v) is 4.84. The Kier molecular flexibility index (Phi) is 7.48. The van der Waals surface area contributed by atoms with Crippen LogP contribution in [0, 0.1) is 11.8 Å². The number of carbonyl (C=O) groups excluding carboxylic acids is 2. The third-order valence-corrected chi connectivity index (χ3v) is 6.17. The zero-order valence-electron chi connectivity index (χ0n) is 15.9. The van der Waals surface area contributed by atoms with Crippen LogP contribution in [0.3, 0.4) is 0 Å². The van der Waals surface area contributed by atoms with Crippen LogP contribution in [-0.4, -0.2) is 18.5 Å². The fourth-order valence-electron chi connectivity index (χ4n) is 3.44. The fraction of sp³-hybridized carbons (Fsp3) is 0.700. The van der Waals surface area contributed by atoms with Gasteiger partial charge in [0, 0.05) is 10.8 Å². The molecular weight excluding hydrogens is 334 g/mol. The Morgan fingerprint density at radius 2 is 2.08 bits per heavy atom. The molecule has 1 aliphatic carbocycles. The van der Waals surface area contributed by atoms with E-state index < -0.39 is 0 Å². The average Bonchev–Trinajstić information content (AvgIpc) is 2.92. The van der Waals surface area contributed by atoms with Gasteiger partial charge in [-0.3, -0.25) is 4.79 Å². The van der Waals surface area contributed by atoms with Crippen LogP contribution in [0.2, 0.25) is 0 Å². The lowest BCUT2D eigenvalue weighted by molar-refractivity contribution is -0.120. The highest BCUT2D eigenvalue weighted by Gasteiger charge is 2.30. The van der Waals surface area contributed by atoms with Gasteiger partial charge in [-0.05, 0) is 50.5 Å². The minimum absolute atomic E-state index is 0.00745. The molecule has 25 heavy (non-hydrogen) atoms. The van der Waals surface area contributed by atoms with E-state index in [9.17, 15) is 9.59 Å². The van der Waals surface area contributed by atoms with Gasteiger partial charge in [0.1, 0.15) is 5.00 Å². The van der Waals surface area contributed by atoms with Crippen LogP contribution in [-0.2, 0) is 22.4 Å². The van der Waals surface area contributed by atoms with E-state index in [0.717, 1.165) is 50.5 Å². The van der Waals surface area contributed by atoms with Gasteiger partial charge in [0.05, 0.1) is 12.2 Å². The Labute approximate surface area is 155 Å². The van der Waals surface area contributed by atoms with Crippen molar-refractivity contribution in [1.29, 1.82) is 0 Å². The molecule has 0 bridgehead atoms. The molecule has 2 atom stereocenters. The number of anilines is 1. The molecule has 2 rings (SSSR count). The Morgan fingerprint density at radius 1 is 1.32 bits per heavy atom. The number of fused-ring (bicyclic) bond motifs is 1. The number of amides is 1. The van der Waals surface area contributed by atoms with Gasteiger partial charge in [-0.2, -0.15) is 0 Å². The maximum atomic E-state index is 12.7. The highest BCUT2D eigenvalue weighted by atomic mass is 32.1. The molecule has 0 radical (unpaired) electrons. The van der Waals surface area contributed by atoms with Gasteiger partial charge in [0.25, 0.3) is 0 Å². The maximum Gasteiger partial charge on any atom is 0.341 e. The summed E-state index contributed by atoms with van der Waals surface area (Å²) in [7, 11) is 0. The normalized spacial score (nSPS) is 17.7. The molecule has 0 unspecified atom stereocenters. The first-order chi connectivity index (χ1) is 12.0. The number of nitrogens with one attached hydrogen (secondary N) is 1. The van der Waals surface area contributed by atoms with Crippen LogP contribution in [0.5, 0.6) is 0 Å². The lowest BCUT2D eigenvalue weighted by Gasteiger charge is -2.18. The molecule has 1 aromatic heterocycles. The molecule has 4 nitrogen and oxygen atoms in total. The monoisotopic (exact) mass is 365 g/mol. The van der Waals surface area contributed by atoms with Gasteiger partial charge in [-0.1, -0.05) is 33.6 Å². The lowest BCUT2D eigenvalue weighted by Crippen LogP contribution is -2.23. The van der Waals surface area contributed by atoms with E-state index in [1.165, 1.54) is 4.88 Å². The van der Waals surface area contributed by atoms with Gasteiger partial charge >= 0.3 is 5.97 Å². The van der Waals surface area contributed by atoms with Crippen molar-refractivity contribution >= 4 is 28.2 Å². The largest absolute Gasteiger partial charge is 0.462 e. The summed E-state index contributed by atoms with van der Waals surface area (Å²) in [5, 5.41) is 3.75. The quantitative estimate of drug-likeness (QED) is 0.644. The Balaban J connectivity index is 2.26. The van der Waals surface area contributed by atoms with Crippen LogP contribution in [0.1, 0.15) is 80.6 Å². The molecule has 0 saturated carbocycles. The number of hydrogen-bond acceptors (Lipinski definition) is 4. The second-order valence-electron chi connectivity index (χ2n) is 7.01. The van der Waals surface area contributed by atoms with Crippen molar-refractivity contribution in [3.63, 3.8) is 0 Å². The van der Waals surface area contributed by atoms with Gasteiger partial charge in [0.15, 0.2) is 0 Å². The summed E-state index contributed by atoms with van der Waals surface area (Å²) in [6.45, 7) is 8.59. The summed E-state index contributed by atoms with van der Waals surface area (Å²) in [5.74, 6) is 0.366. The average molecular weight is 366 g/mol. The molecule has 0 saturated heterocycles. The maximum absolute atomic E-state index is 12.7. The molecule has 1 aromatic rings. The van der Waals surface area contributed by atoms with Gasteiger partial charge < -0.3 is 10.1 Å². The Morgan fingerprint density at radius 3 is 2.72 bits per heavy atom. The van der Waals surface area contributed by atoms with Crippen molar-refractivity contribution in [2.24, 2.45) is 11.8 Å². The second-order valence-corrected chi connectivity index (χ2v) is 8.12. The number of hydrogen-bond donors (Lipinski definition) is 1. The summed E-state index contributed by atoms with van der Waals surface area (Å²) in [6, 6.07) is 0. The first-order valence-electron chi connectivity index (χ1n) is 9.64. The lowest BCUT2D eigenvalue weighted by atomic mass is 9.88. The minimum atomic E-state index is -0.300. The van der Waals surface area contributed by atoms with E-state index in [0.29, 0.717) is 23.1 Å². The third-order valence-electron chi connectivity index (χ3n) is 5.00. The van der Waals surface area contributed by atoms with E-state index >= 15 is 0 Å². The molecule has 0 spiro atoms. The van der Waals surface area contributed by atoms with Crippen molar-refractivity contribution in [3.05, 3.63) is 16.0 Å². The molecule has 5 heteroatoms. The zero-order chi connectivity index (χ0) is 18.4. The summed E-state index contributed by atoms with van der Waals surface area (Å²) in [6.07, 6.45) is 6.81. The van der Waals surface area contributed by atoms with Gasteiger partial charge in [-0.15, -0.1) is 11.3 Å². The molecular formula is C20H31NO3S. The van der Waals surface area contributed by atoms with Crippen LogP contribution in [0.15, 0.2) is 0 Å². The van der Waals surface area contributed by atoms with Gasteiger partial charge in [-0.25, -0.2) is 4.79 Å². The molecule has 140 valence electrons. The van der Waals surface area contributed by atoms with Crippen LogP contribution >= 0.6 is 11.3 Å². The van der Waals surface area contributed by atoms with Crippen molar-refractivity contribution in [2.75, 3.05) is 11.9 Å². The predicted molar refractivity (Wildman–Crippen MR) is 103 cm³/mol. The minimum Gasteiger partial charge on any atom is -0.462 e. The van der Waals surface area contributed by atoms with Gasteiger partial charge in [0.2, 0.25) is 5.91 Å². The Bertz CT molecular complexity index is 608. The number of thiophene rings is 1. The number of ether oxygens (including phenoxy) is 1. The molecule has 0 fully saturated rings. The summed E-state index contributed by atoms with van der Waals surface area (Å²) < 4.78 is 5.27. The number of unbranched alkanes of at least 4 members (excludes halogenated alkanes) is 1. The molecule has 0 aliphatic heterocycles. The SMILES string of the molecule is CCCC[C@@H](CC)C(=O)Nc1sc2c(c1C(=O)OCC)CC[C@@H](C)C2. The number of carbonyl (C=O) groups is 2. The van der Waals surface area contributed by atoms with E-state index in [1.807, 2.05) is 13.8 Å². The van der Waals surface area contributed by atoms with Crippen molar-refractivity contribution < 1.29 is 14.3 Å². The van der Waals surface area contributed by atoms with Crippen LogP contribution < -0.4 is 5.32 Å². The first kappa shape index (κ1) is 20.0. The molecule has 1 N–H and O–H groups in total.